The quantitative estimate of drug-likeness (QED) is 0.194. The number of benzene rings is 8. The SMILES string of the molecule is [2H]c1c([2H])c(-c2c3c([2H])c([2H])c([2H])c([2H])c3c(-c3c([2H])c([2H])c([2H])c4c([2H])c([2H])c([2H])c([2H])c34)c3c([2H])c([2H])c([2H])c([2H])c23)c([2H])c(-c2cccc3oc4ccccc4c23)c1[2H]. The second kappa shape index (κ2) is 9.44. The average Bonchev–Trinajstić information content (AvgIpc) is 3.64. The third-order valence-corrected chi connectivity index (χ3v) is 7.48. The number of hydrogen-bond acceptors (Lipinski definition) is 1. The first kappa shape index (κ1) is 11.9. The molecule has 43 heavy (non-hydrogen) atoms. The Bertz CT molecular complexity index is 3490. The monoisotopic (exact) mass is 565 g/mol. The van der Waals surface area contributed by atoms with E-state index in [0.717, 1.165) is 0 Å². The Morgan fingerprint density at radius 1 is 0.419 bits per heavy atom. The molecule has 8 aromatic carbocycles. The molecule has 0 bridgehead atoms. The van der Waals surface area contributed by atoms with Crippen LogP contribution in [0.2, 0.25) is 0 Å². The van der Waals surface area contributed by atoms with Crippen molar-refractivity contribution in [3.63, 3.8) is 0 Å². The van der Waals surface area contributed by atoms with Gasteiger partial charge in [-0.2, -0.15) is 0 Å². The minimum Gasteiger partial charge on any atom is -0.456 e. The molecule has 0 fully saturated rings. The molecule has 0 atom stereocenters. The summed E-state index contributed by atoms with van der Waals surface area (Å²) in [6.45, 7) is 0. The Morgan fingerprint density at radius 3 is 1.81 bits per heavy atom. The van der Waals surface area contributed by atoms with Crippen LogP contribution in [-0.4, -0.2) is 0 Å². The van der Waals surface area contributed by atoms with Crippen LogP contribution >= 0.6 is 0 Å². The zero-order valence-electron chi connectivity index (χ0n) is 40.9. The summed E-state index contributed by atoms with van der Waals surface area (Å²) in [6, 6.07) is -3.34. The van der Waals surface area contributed by atoms with Gasteiger partial charge in [-0.25, -0.2) is 0 Å². The molecular formula is C42H26O. The standard InChI is InChI=1S/C42H26O/c1-2-16-30-27(12-1)13-10-23-32(30)41-35-19-5-3-17-33(35)40(34-18-4-6-20-36(34)41)29-15-9-14-28(26-29)31-22-11-25-39-42(31)37-21-7-8-24-38(37)43-39/h1-26H/i1D,2D,3D,4D,5D,6D,9D,10D,12D,13D,14D,15D,16D,17D,18D,19D,20D,23D,26D. The minimum atomic E-state index is -0.866. The second-order valence-electron chi connectivity index (χ2n) is 9.78. The Hall–Kier alpha value is -5.66. The Labute approximate surface area is 275 Å². The minimum absolute atomic E-state index is 0.203. The molecule has 1 heteroatoms. The predicted octanol–water partition coefficient (Wildman–Crippen LogP) is 12.0. The normalized spacial score (nSPS) is 17.9. The van der Waals surface area contributed by atoms with Crippen LogP contribution in [0.1, 0.15) is 26.0 Å². The highest BCUT2D eigenvalue weighted by Gasteiger charge is 2.19. The zero-order valence-corrected chi connectivity index (χ0v) is 21.9. The number of furan rings is 1. The molecule has 9 aromatic rings. The van der Waals surface area contributed by atoms with E-state index in [1.54, 1.807) is 42.5 Å². The van der Waals surface area contributed by atoms with E-state index in [9.17, 15) is 9.60 Å². The van der Waals surface area contributed by atoms with Crippen LogP contribution in [0, 0.1) is 0 Å². The topological polar surface area (TPSA) is 13.1 Å². The van der Waals surface area contributed by atoms with Crippen molar-refractivity contribution < 1.29 is 30.5 Å². The third-order valence-electron chi connectivity index (χ3n) is 7.48. The van der Waals surface area contributed by atoms with Gasteiger partial charge in [0.25, 0.3) is 0 Å². The van der Waals surface area contributed by atoms with Crippen LogP contribution in [0.15, 0.2) is 162 Å². The summed E-state index contributed by atoms with van der Waals surface area (Å²) < 4.78 is 178. The van der Waals surface area contributed by atoms with Gasteiger partial charge in [0.15, 0.2) is 0 Å². The maximum absolute atomic E-state index is 9.84. The molecule has 9 rings (SSSR count). The van der Waals surface area contributed by atoms with Crippen molar-refractivity contribution in [2.24, 2.45) is 0 Å². The van der Waals surface area contributed by atoms with Gasteiger partial charge in [0, 0.05) is 10.8 Å². The van der Waals surface area contributed by atoms with Crippen molar-refractivity contribution in [1.29, 1.82) is 0 Å². The first-order valence-corrected chi connectivity index (χ1v) is 13.2. The zero-order chi connectivity index (χ0) is 44.9. The highest BCUT2D eigenvalue weighted by molar-refractivity contribution is 6.23. The summed E-state index contributed by atoms with van der Waals surface area (Å²) in [5.74, 6) is 0. The van der Waals surface area contributed by atoms with E-state index in [2.05, 4.69) is 0 Å². The molecule has 0 aliphatic rings. The van der Waals surface area contributed by atoms with Crippen molar-refractivity contribution in [3.8, 4) is 33.4 Å². The fraction of sp³-hybridized carbons (Fsp3) is 0. The molecule has 200 valence electrons. The molecule has 0 aliphatic heterocycles. The van der Waals surface area contributed by atoms with E-state index in [0.29, 0.717) is 21.9 Å². The third kappa shape index (κ3) is 3.65. The molecule has 0 spiro atoms. The summed E-state index contributed by atoms with van der Waals surface area (Å²) in [6.07, 6.45) is 0. The molecule has 1 aromatic heterocycles. The van der Waals surface area contributed by atoms with Crippen molar-refractivity contribution in [3.05, 3.63) is 157 Å². The maximum Gasteiger partial charge on any atom is 0.136 e. The van der Waals surface area contributed by atoms with Gasteiger partial charge < -0.3 is 4.42 Å². The number of rotatable bonds is 3. The average molecular weight is 566 g/mol. The van der Waals surface area contributed by atoms with Crippen LogP contribution in [0.25, 0.3) is 87.6 Å². The van der Waals surface area contributed by atoms with Crippen LogP contribution < -0.4 is 0 Å². The lowest BCUT2D eigenvalue weighted by Crippen LogP contribution is -1.92. The summed E-state index contributed by atoms with van der Waals surface area (Å²) in [5.41, 5.74) is -1.34. The lowest BCUT2D eigenvalue weighted by atomic mass is 9.84. The van der Waals surface area contributed by atoms with Crippen LogP contribution in [-0.2, 0) is 0 Å². The van der Waals surface area contributed by atoms with Gasteiger partial charge in [-0.3, -0.25) is 0 Å². The molecule has 0 aliphatic carbocycles. The van der Waals surface area contributed by atoms with Gasteiger partial charge >= 0.3 is 0 Å². The highest BCUT2D eigenvalue weighted by Crippen LogP contribution is 2.46. The molecule has 0 radical (unpaired) electrons. The molecule has 0 unspecified atom stereocenters. The largest absolute Gasteiger partial charge is 0.456 e. The van der Waals surface area contributed by atoms with Crippen molar-refractivity contribution >= 4 is 54.3 Å². The van der Waals surface area contributed by atoms with E-state index in [1.165, 1.54) is 0 Å². The lowest BCUT2D eigenvalue weighted by molar-refractivity contribution is 0.669. The molecular weight excluding hydrogens is 520 g/mol. The molecule has 0 saturated carbocycles. The summed E-state index contributed by atoms with van der Waals surface area (Å²) >= 11 is 0. The van der Waals surface area contributed by atoms with E-state index >= 15 is 0 Å². The summed E-state index contributed by atoms with van der Waals surface area (Å²) in [5, 5.41) is -2.24. The highest BCUT2D eigenvalue weighted by atomic mass is 16.3. The van der Waals surface area contributed by atoms with Crippen molar-refractivity contribution in [1.82, 2.24) is 0 Å². The molecule has 0 saturated heterocycles. The van der Waals surface area contributed by atoms with Crippen molar-refractivity contribution in [2.45, 2.75) is 0 Å². The first-order valence-electron chi connectivity index (χ1n) is 22.7. The maximum atomic E-state index is 9.84. The van der Waals surface area contributed by atoms with Crippen LogP contribution in [0.4, 0.5) is 0 Å². The summed E-state index contributed by atoms with van der Waals surface area (Å²) in [7, 11) is 0. The predicted molar refractivity (Wildman–Crippen MR) is 183 cm³/mol. The summed E-state index contributed by atoms with van der Waals surface area (Å²) in [4.78, 5) is 0. The second-order valence-corrected chi connectivity index (χ2v) is 9.78. The van der Waals surface area contributed by atoms with E-state index in [4.69, 9.17) is 20.9 Å². The van der Waals surface area contributed by atoms with E-state index in [1.807, 2.05) is 0 Å². The number of hydrogen-bond donors (Lipinski definition) is 0. The fourth-order valence-corrected chi connectivity index (χ4v) is 5.71. The van der Waals surface area contributed by atoms with Crippen molar-refractivity contribution in [2.75, 3.05) is 0 Å². The number of fused-ring (bicyclic) bond motifs is 6. The van der Waals surface area contributed by atoms with E-state index < -0.39 is 169 Å². The molecule has 1 nitrogen and oxygen atoms in total. The van der Waals surface area contributed by atoms with Gasteiger partial charge in [0.1, 0.15) is 11.2 Å². The smallest absolute Gasteiger partial charge is 0.136 e. The van der Waals surface area contributed by atoms with Gasteiger partial charge in [-0.05, 0) is 83.9 Å². The van der Waals surface area contributed by atoms with Gasteiger partial charge in [-0.15, -0.1) is 0 Å². The fourth-order valence-electron chi connectivity index (χ4n) is 5.71. The molecule has 0 amide bonds. The molecule has 0 N–H and O–H groups in total. The van der Waals surface area contributed by atoms with Gasteiger partial charge in [0.2, 0.25) is 0 Å². The Balaban J connectivity index is 1.62. The van der Waals surface area contributed by atoms with Gasteiger partial charge in [0.05, 0.1) is 26.0 Å². The van der Waals surface area contributed by atoms with Gasteiger partial charge in [-0.1, -0.05) is 139 Å². The molecule has 1 heterocycles. The Kier molecular flexibility index (Phi) is 2.61. The van der Waals surface area contributed by atoms with Crippen LogP contribution in [0.5, 0.6) is 0 Å². The Morgan fingerprint density at radius 2 is 1.02 bits per heavy atom. The number of para-hydroxylation sites is 1. The lowest BCUT2D eigenvalue weighted by Gasteiger charge is -2.19. The van der Waals surface area contributed by atoms with E-state index in [-0.39, 0.29) is 11.1 Å². The van der Waals surface area contributed by atoms with Crippen LogP contribution in [0.3, 0.4) is 0 Å². The first-order chi connectivity index (χ1) is 29.3.